The zero-order chi connectivity index (χ0) is 18.7. The van der Waals surface area contributed by atoms with Crippen molar-refractivity contribution in [2.45, 2.75) is 4.90 Å². The van der Waals surface area contributed by atoms with E-state index in [0.717, 1.165) is 5.69 Å². The Bertz CT molecular complexity index is 976. The first-order valence-corrected chi connectivity index (χ1v) is 9.37. The topological polar surface area (TPSA) is 108 Å². The highest BCUT2D eigenvalue weighted by atomic mass is 32.2. The van der Waals surface area contributed by atoms with Gasteiger partial charge in [-0.05, 0) is 18.2 Å². The summed E-state index contributed by atoms with van der Waals surface area (Å²) >= 11 is 0. The first-order chi connectivity index (χ1) is 12.4. The van der Waals surface area contributed by atoms with Crippen molar-refractivity contribution >= 4 is 21.4 Å². The number of nitriles is 1. The standard InChI is InChI=1S/C17H16N4O4S/c18-13-14-5-1-2-6-15(14)19-9-11-20(12-10-19)26(24,25)17-8-4-3-7-16(17)21(22)23/h1-8H,9-12H2. The summed E-state index contributed by atoms with van der Waals surface area (Å²) in [6.45, 7) is 1.18. The monoisotopic (exact) mass is 372 g/mol. The summed E-state index contributed by atoms with van der Waals surface area (Å²) in [6, 6.07) is 14.6. The first kappa shape index (κ1) is 17.8. The van der Waals surface area contributed by atoms with Gasteiger partial charge < -0.3 is 4.90 Å². The number of nitro benzene ring substituents is 1. The summed E-state index contributed by atoms with van der Waals surface area (Å²) in [4.78, 5) is 12.1. The molecule has 0 spiro atoms. The highest BCUT2D eigenvalue weighted by molar-refractivity contribution is 7.89. The number of anilines is 1. The van der Waals surface area contributed by atoms with E-state index in [1.165, 1.54) is 28.6 Å². The number of piperazine rings is 1. The molecule has 1 fully saturated rings. The van der Waals surface area contributed by atoms with Crippen LogP contribution in [0, 0.1) is 21.4 Å². The van der Waals surface area contributed by atoms with E-state index in [9.17, 15) is 23.8 Å². The smallest absolute Gasteiger partial charge is 0.289 e. The molecule has 9 heteroatoms. The molecule has 1 aliphatic heterocycles. The molecule has 8 nitrogen and oxygen atoms in total. The van der Waals surface area contributed by atoms with Crippen LogP contribution in [0.3, 0.4) is 0 Å². The highest BCUT2D eigenvalue weighted by Crippen LogP contribution is 2.28. The molecular weight excluding hydrogens is 356 g/mol. The number of nitro groups is 1. The van der Waals surface area contributed by atoms with E-state index in [4.69, 9.17) is 0 Å². The van der Waals surface area contributed by atoms with Gasteiger partial charge in [0.05, 0.1) is 16.2 Å². The number of hydrogen-bond donors (Lipinski definition) is 0. The van der Waals surface area contributed by atoms with E-state index in [1.807, 2.05) is 17.0 Å². The lowest BCUT2D eigenvalue weighted by Crippen LogP contribution is -2.48. The maximum Gasteiger partial charge on any atom is 0.289 e. The maximum atomic E-state index is 12.8. The molecule has 0 bridgehead atoms. The quantitative estimate of drug-likeness (QED) is 0.600. The summed E-state index contributed by atoms with van der Waals surface area (Å²) in [5.41, 5.74) is 0.866. The molecule has 1 aliphatic rings. The van der Waals surface area contributed by atoms with Gasteiger partial charge in [0.25, 0.3) is 5.69 Å². The van der Waals surface area contributed by atoms with Crippen LogP contribution in [0.4, 0.5) is 11.4 Å². The molecule has 3 rings (SSSR count). The van der Waals surface area contributed by atoms with Crippen LogP contribution in [0.15, 0.2) is 53.4 Å². The van der Waals surface area contributed by atoms with E-state index >= 15 is 0 Å². The minimum Gasteiger partial charge on any atom is -0.368 e. The third-order valence-electron chi connectivity index (χ3n) is 4.28. The lowest BCUT2D eigenvalue weighted by Gasteiger charge is -2.35. The lowest BCUT2D eigenvalue weighted by molar-refractivity contribution is -0.387. The zero-order valence-corrected chi connectivity index (χ0v) is 14.6. The molecule has 0 aromatic heterocycles. The van der Waals surface area contributed by atoms with Gasteiger partial charge >= 0.3 is 0 Å². The second kappa shape index (κ2) is 7.11. The molecule has 1 saturated heterocycles. The van der Waals surface area contributed by atoms with Crippen LogP contribution in [0.2, 0.25) is 0 Å². The summed E-state index contributed by atoms with van der Waals surface area (Å²) in [7, 11) is -3.96. The highest BCUT2D eigenvalue weighted by Gasteiger charge is 2.33. The van der Waals surface area contributed by atoms with Crippen LogP contribution in [0.25, 0.3) is 0 Å². The molecule has 2 aromatic carbocycles. The Balaban J connectivity index is 1.82. The van der Waals surface area contributed by atoms with Gasteiger partial charge in [-0.3, -0.25) is 10.1 Å². The van der Waals surface area contributed by atoms with Crippen LogP contribution >= 0.6 is 0 Å². The summed E-state index contributed by atoms with van der Waals surface area (Å²) in [6.07, 6.45) is 0. The van der Waals surface area contributed by atoms with Crippen molar-refractivity contribution in [1.29, 1.82) is 5.26 Å². The number of hydrogen-bond acceptors (Lipinski definition) is 6. The number of nitrogens with zero attached hydrogens (tertiary/aromatic N) is 4. The van der Waals surface area contributed by atoms with Crippen molar-refractivity contribution in [2.24, 2.45) is 0 Å². The fraction of sp³-hybridized carbons (Fsp3) is 0.235. The van der Waals surface area contributed by atoms with Gasteiger partial charge in [-0.15, -0.1) is 0 Å². The van der Waals surface area contributed by atoms with Gasteiger partial charge in [-0.2, -0.15) is 9.57 Å². The Morgan fingerprint density at radius 2 is 1.62 bits per heavy atom. The van der Waals surface area contributed by atoms with E-state index in [-0.39, 0.29) is 18.0 Å². The van der Waals surface area contributed by atoms with Gasteiger partial charge in [-0.25, -0.2) is 8.42 Å². The molecule has 2 aromatic rings. The van der Waals surface area contributed by atoms with E-state index < -0.39 is 20.6 Å². The number of para-hydroxylation sites is 2. The summed E-state index contributed by atoms with van der Waals surface area (Å²) < 4.78 is 26.9. The third kappa shape index (κ3) is 3.24. The maximum absolute atomic E-state index is 12.8. The fourth-order valence-corrected chi connectivity index (χ4v) is 4.56. The van der Waals surface area contributed by atoms with Crippen molar-refractivity contribution in [2.75, 3.05) is 31.1 Å². The summed E-state index contributed by atoms with van der Waals surface area (Å²) in [5, 5.41) is 20.4. The lowest BCUT2D eigenvalue weighted by atomic mass is 10.1. The normalized spacial score (nSPS) is 15.4. The Hall–Kier alpha value is -2.96. The number of sulfonamides is 1. The second-order valence-corrected chi connectivity index (χ2v) is 7.65. The molecule has 1 heterocycles. The fourth-order valence-electron chi connectivity index (χ4n) is 2.98. The molecular formula is C17H16N4O4S. The van der Waals surface area contributed by atoms with Crippen molar-refractivity contribution in [1.82, 2.24) is 4.31 Å². The Morgan fingerprint density at radius 3 is 2.27 bits per heavy atom. The minimum absolute atomic E-state index is 0.189. The second-order valence-electron chi connectivity index (χ2n) is 5.74. The Kier molecular flexibility index (Phi) is 4.88. The zero-order valence-electron chi connectivity index (χ0n) is 13.8. The van der Waals surface area contributed by atoms with Crippen molar-refractivity contribution in [3.63, 3.8) is 0 Å². The Labute approximate surface area is 151 Å². The molecule has 0 atom stereocenters. The summed E-state index contributed by atoms with van der Waals surface area (Å²) in [5.74, 6) is 0. The van der Waals surface area contributed by atoms with Gasteiger partial charge in [-0.1, -0.05) is 24.3 Å². The minimum atomic E-state index is -3.96. The van der Waals surface area contributed by atoms with E-state index in [1.54, 1.807) is 12.1 Å². The molecule has 0 unspecified atom stereocenters. The van der Waals surface area contributed by atoms with Gasteiger partial charge in [0.1, 0.15) is 6.07 Å². The van der Waals surface area contributed by atoms with Crippen LogP contribution < -0.4 is 4.90 Å². The third-order valence-corrected chi connectivity index (χ3v) is 6.23. The molecule has 134 valence electrons. The number of benzene rings is 2. The van der Waals surface area contributed by atoms with Crippen LogP contribution in [0.1, 0.15) is 5.56 Å². The molecule has 0 amide bonds. The van der Waals surface area contributed by atoms with Crippen LogP contribution in [0.5, 0.6) is 0 Å². The van der Waals surface area contributed by atoms with Crippen LogP contribution in [-0.2, 0) is 10.0 Å². The largest absolute Gasteiger partial charge is 0.368 e. The van der Waals surface area contributed by atoms with Crippen molar-refractivity contribution < 1.29 is 13.3 Å². The molecule has 0 N–H and O–H groups in total. The van der Waals surface area contributed by atoms with Gasteiger partial charge in [0, 0.05) is 32.2 Å². The van der Waals surface area contributed by atoms with Crippen LogP contribution in [-0.4, -0.2) is 43.8 Å². The van der Waals surface area contributed by atoms with Gasteiger partial charge in [0.2, 0.25) is 10.0 Å². The predicted octanol–water partition coefficient (Wildman–Crippen LogP) is 1.98. The molecule has 0 radical (unpaired) electrons. The molecule has 0 saturated carbocycles. The van der Waals surface area contributed by atoms with Gasteiger partial charge in [0.15, 0.2) is 4.90 Å². The average molecular weight is 372 g/mol. The van der Waals surface area contributed by atoms with Crippen molar-refractivity contribution in [3.8, 4) is 6.07 Å². The number of rotatable bonds is 4. The Morgan fingerprint density at radius 1 is 1.00 bits per heavy atom. The van der Waals surface area contributed by atoms with E-state index in [0.29, 0.717) is 18.7 Å². The predicted molar refractivity (Wildman–Crippen MR) is 95.2 cm³/mol. The molecule has 0 aliphatic carbocycles. The first-order valence-electron chi connectivity index (χ1n) is 7.93. The van der Waals surface area contributed by atoms with Crippen molar-refractivity contribution in [3.05, 3.63) is 64.2 Å². The van der Waals surface area contributed by atoms with E-state index in [2.05, 4.69) is 6.07 Å². The molecule has 26 heavy (non-hydrogen) atoms. The average Bonchev–Trinajstić information content (AvgIpc) is 2.68. The SMILES string of the molecule is N#Cc1ccccc1N1CCN(S(=O)(=O)c2ccccc2[N+](=O)[O-])CC1.